The third kappa shape index (κ3) is 7.04. The molecule has 0 saturated heterocycles. The minimum Gasteiger partial charge on any atom is -0.357 e. The van der Waals surface area contributed by atoms with Gasteiger partial charge in [0.1, 0.15) is 6.04 Å². The van der Waals surface area contributed by atoms with Gasteiger partial charge >= 0.3 is 0 Å². The van der Waals surface area contributed by atoms with Gasteiger partial charge in [0.25, 0.3) is 0 Å². The normalized spacial score (nSPS) is 11.2. The number of nitrogens with one attached hydrogen (secondary N) is 4. The van der Waals surface area contributed by atoms with E-state index >= 15 is 0 Å². The van der Waals surface area contributed by atoms with E-state index in [4.69, 9.17) is 5.41 Å². The minimum atomic E-state index is -0.705. The molecular weight excluding hydrogens is 224 g/mol. The van der Waals surface area contributed by atoms with Crippen molar-refractivity contribution in [3.05, 3.63) is 0 Å². The summed E-state index contributed by atoms with van der Waals surface area (Å²) in [5.74, 6) is -0.911. The molecular formula is C10H18N4O3. The lowest BCUT2D eigenvalue weighted by atomic mass is 10.1. The van der Waals surface area contributed by atoms with Gasteiger partial charge in [0.2, 0.25) is 17.7 Å². The Morgan fingerprint density at radius 2 is 2.00 bits per heavy atom. The van der Waals surface area contributed by atoms with E-state index in [-0.39, 0.29) is 37.1 Å². The zero-order chi connectivity index (χ0) is 13.3. The van der Waals surface area contributed by atoms with Gasteiger partial charge in [0.15, 0.2) is 0 Å². The van der Waals surface area contributed by atoms with Gasteiger partial charge in [-0.3, -0.25) is 14.4 Å². The molecule has 17 heavy (non-hydrogen) atoms. The van der Waals surface area contributed by atoms with E-state index in [1.807, 2.05) is 0 Å². The molecule has 0 radical (unpaired) electrons. The fraction of sp³-hybridized carbons (Fsp3) is 0.600. The Bertz CT molecular complexity index is 304. The summed E-state index contributed by atoms with van der Waals surface area (Å²) in [4.78, 5) is 33.5. The van der Waals surface area contributed by atoms with Gasteiger partial charge in [-0.15, -0.1) is 0 Å². The molecule has 0 fully saturated rings. The fourth-order valence-electron chi connectivity index (χ4n) is 1.22. The van der Waals surface area contributed by atoms with Crippen molar-refractivity contribution in [1.29, 1.82) is 5.41 Å². The Hall–Kier alpha value is -1.92. The first-order valence-electron chi connectivity index (χ1n) is 5.25. The monoisotopic (exact) mass is 242 g/mol. The predicted molar refractivity (Wildman–Crippen MR) is 62.7 cm³/mol. The summed E-state index contributed by atoms with van der Waals surface area (Å²) in [7, 11) is 1.46. The molecule has 0 saturated carbocycles. The molecule has 1 atom stereocenters. The number of likely N-dealkylation sites (N-methyl/N-ethyl adjacent to an activating group) is 1. The van der Waals surface area contributed by atoms with Gasteiger partial charge < -0.3 is 21.4 Å². The molecule has 0 unspecified atom stereocenters. The van der Waals surface area contributed by atoms with Crippen molar-refractivity contribution in [1.82, 2.24) is 16.0 Å². The van der Waals surface area contributed by atoms with Gasteiger partial charge in [-0.05, 0) is 6.42 Å². The van der Waals surface area contributed by atoms with Crippen LogP contribution in [0.5, 0.6) is 0 Å². The van der Waals surface area contributed by atoms with E-state index in [0.717, 1.165) is 6.21 Å². The zero-order valence-electron chi connectivity index (χ0n) is 10.0. The molecule has 4 N–H and O–H groups in total. The van der Waals surface area contributed by atoms with E-state index in [9.17, 15) is 14.4 Å². The number of hydrogen-bond acceptors (Lipinski definition) is 4. The van der Waals surface area contributed by atoms with Crippen LogP contribution >= 0.6 is 0 Å². The SMILES string of the molecule is CNC(=O)[C@H](CCC(=O)NCC=N)NC(C)=O. The first-order valence-corrected chi connectivity index (χ1v) is 5.25. The van der Waals surface area contributed by atoms with E-state index in [0.29, 0.717) is 0 Å². The summed E-state index contributed by atoms with van der Waals surface area (Å²) in [6.07, 6.45) is 1.41. The maximum atomic E-state index is 11.4. The van der Waals surface area contributed by atoms with E-state index in [2.05, 4.69) is 16.0 Å². The molecule has 0 heterocycles. The van der Waals surface area contributed by atoms with Crippen LogP contribution in [-0.4, -0.2) is 43.6 Å². The van der Waals surface area contributed by atoms with Crippen molar-refractivity contribution >= 4 is 23.9 Å². The molecule has 3 amide bonds. The van der Waals surface area contributed by atoms with Gasteiger partial charge in [-0.25, -0.2) is 0 Å². The molecule has 0 aliphatic rings. The number of carbonyl (C=O) groups is 3. The van der Waals surface area contributed by atoms with Crippen molar-refractivity contribution in [2.45, 2.75) is 25.8 Å². The Morgan fingerprint density at radius 1 is 1.35 bits per heavy atom. The van der Waals surface area contributed by atoms with Gasteiger partial charge in [0.05, 0.1) is 6.54 Å². The average Bonchev–Trinajstić information content (AvgIpc) is 2.30. The van der Waals surface area contributed by atoms with Crippen LogP contribution in [0, 0.1) is 5.41 Å². The number of rotatable bonds is 7. The van der Waals surface area contributed by atoms with Crippen LogP contribution in [0.1, 0.15) is 19.8 Å². The first-order chi connectivity index (χ1) is 8.01. The highest BCUT2D eigenvalue weighted by atomic mass is 16.2. The third-order valence-corrected chi connectivity index (χ3v) is 2.00. The summed E-state index contributed by atoms with van der Waals surface area (Å²) in [6, 6.07) is -0.705. The molecule has 0 aromatic carbocycles. The molecule has 7 heteroatoms. The van der Waals surface area contributed by atoms with Crippen molar-refractivity contribution in [3.8, 4) is 0 Å². The van der Waals surface area contributed by atoms with E-state index in [1.54, 1.807) is 0 Å². The molecule has 0 aromatic rings. The largest absolute Gasteiger partial charge is 0.357 e. The number of hydrogen-bond donors (Lipinski definition) is 4. The summed E-state index contributed by atoms with van der Waals surface area (Å²) >= 11 is 0. The van der Waals surface area contributed by atoms with Crippen LogP contribution < -0.4 is 16.0 Å². The second-order valence-electron chi connectivity index (χ2n) is 3.41. The highest BCUT2D eigenvalue weighted by Crippen LogP contribution is 1.98. The highest BCUT2D eigenvalue weighted by Gasteiger charge is 2.18. The topological polar surface area (TPSA) is 111 Å². The van der Waals surface area contributed by atoms with E-state index in [1.165, 1.54) is 14.0 Å². The number of carbonyl (C=O) groups excluding carboxylic acids is 3. The van der Waals surface area contributed by atoms with Crippen molar-refractivity contribution in [2.75, 3.05) is 13.6 Å². The summed E-state index contributed by atoms with van der Waals surface area (Å²) in [5.41, 5.74) is 0. The second-order valence-corrected chi connectivity index (χ2v) is 3.41. The van der Waals surface area contributed by atoms with Gasteiger partial charge in [-0.1, -0.05) is 0 Å². The molecule has 7 nitrogen and oxygen atoms in total. The smallest absolute Gasteiger partial charge is 0.242 e. The first kappa shape index (κ1) is 15.1. The molecule has 0 bridgehead atoms. The summed E-state index contributed by atoms with van der Waals surface area (Å²) in [6.45, 7) is 1.48. The average molecular weight is 242 g/mol. The molecule has 0 rings (SSSR count). The Kier molecular flexibility index (Phi) is 7.32. The van der Waals surface area contributed by atoms with Crippen LogP contribution in [0.3, 0.4) is 0 Å². The minimum absolute atomic E-state index is 0.117. The van der Waals surface area contributed by atoms with Crippen LogP contribution in [0.2, 0.25) is 0 Å². The van der Waals surface area contributed by atoms with Crippen LogP contribution in [0.25, 0.3) is 0 Å². The molecule has 0 spiro atoms. The van der Waals surface area contributed by atoms with Crippen molar-refractivity contribution in [3.63, 3.8) is 0 Å². The zero-order valence-corrected chi connectivity index (χ0v) is 10.0. The van der Waals surface area contributed by atoms with E-state index < -0.39 is 6.04 Å². The Balaban J connectivity index is 4.15. The Morgan fingerprint density at radius 3 is 2.47 bits per heavy atom. The fourth-order valence-corrected chi connectivity index (χ4v) is 1.22. The molecule has 0 aromatic heterocycles. The number of amides is 3. The molecule has 96 valence electrons. The van der Waals surface area contributed by atoms with Crippen LogP contribution in [0.4, 0.5) is 0 Å². The highest BCUT2D eigenvalue weighted by molar-refractivity contribution is 5.87. The maximum Gasteiger partial charge on any atom is 0.242 e. The quantitative estimate of drug-likeness (QED) is 0.420. The predicted octanol–water partition coefficient (Wildman–Crippen LogP) is -1.22. The van der Waals surface area contributed by atoms with Gasteiger partial charge in [0, 0.05) is 26.6 Å². The Labute approximate surface area is 99.8 Å². The second kappa shape index (κ2) is 8.26. The lowest BCUT2D eigenvalue weighted by Crippen LogP contribution is -2.45. The van der Waals surface area contributed by atoms with Gasteiger partial charge in [-0.2, -0.15) is 0 Å². The maximum absolute atomic E-state index is 11.4. The standard InChI is InChI=1S/C10H18N4O3/c1-7(15)14-8(10(17)12-2)3-4-9(16)13-6-5-11/h5,8,11H,3-4,6H2,1-2H3,(H,12,17)(H,13,16)(H,14,15)/t8-/m0/s1. The van der Waals surface area contributed by atoms with Crippen molar-refractivity contribution in [2.24, 2.45) is 0 Å². The van der Waals surface area contributed by atoms with Crippen LogP contribution in [-0.2, 0) is 14.4 Å². The summed E-state index contributed by atoms with van der Waals surface area (Å²) < 4.78 is 0. The molecule has 0 aliphatic heterocycles. The third-order valence-electron chi connectivity index (χ3n) is 2.00. The van der Waals surface area contributed by atoms with Crippen molar-refractivity contribution < 1.29 is 14.4 Å². The van der Waals surface area contributed by atoms with Crippen LogP contribution in [0.15, 0.2) is 0 Å². The molecule has 0 aliphatic carbocycles. The summed E-state index contributed by atoms with van der Waals surface area (Å²) in [5, 5.41) is 14.1. The lowest BCUT2D eigenvalue weighted by molar-refractivity contribution is -0.128. The lowest BCUT2D eigenvalue weighted by Gasteiger charge is -2.15.